The fourth-order valence-corrected chi connectivity index (χ4v) is 5.26. The van der Waals surface area contributed by atoms with E-state index in [1.54, 1.807) is 6.33 Å². The first kappa shape index (κ1) is 20.9. The zero-order chi connectivity index (χ0) is 22.1. The number of amides is 1. The average Bonchev–Trinajstić information content (AvgIpc) is 3.47. The van der Waals surface area contributed by atoms with Gasteiger partial charge in [0, 0.05) is 6.54 Å². The highest BCUT2D eigenvalue weighted by Crippen LogP contribution is 2.38. The number of aryl methyl sites for hydroxylation is 2. The number of fused-ring (bicyclic) bond motifs is 1. The van der Waals surface area contributed by atoms with Crippen LogP contribution in [0.4, 0.5) is 0 Å². The maximum Gasteiger partial charge on any atom is 0.233 e. The summed E-state index contributed by atoms with van der Waals surface area (Å²) in [5.41, 5.74) is 4.49. The molecule has 1 aromatic heterocycles. The van der Waals surface area contributed by atoms with Crippen LogP contribution >= 0.6 is 11.8 Å². The van der Waals surface area contributed by atoms with E-state index in [0.29, 0.717) is 19.0 Å². The number of carbonyl (C=O) groups excluding carboxylic acids is 1. The number of ether oxygens (including phenoxy) is 2. The van der Waals surface area contributed by atoms with Gasteiger partial charge in [-0.2, -0.15) is 0 Å². The van der Waals surface area contributed by atoms with Gasteiger partial charge in [0.05, 0.1) is 17.5 Å². The Morgan fingerprint density at radius 3 is 2.81 bits per heavy atom. The van der Waals surface area contributed by atoms with Crippen molar-refractivity contribution in [2.45, 2.75) is 37.9 Å². The van der Waals surface area contributed by atoms with Crippen LogP contribution in [-0.4, -0.2) is 51.1 Å². The fraction of sp³-hybridized carbons (Fsp3) is 0.375. The van der Waals surface area contributed by atoms with Crippen LogP contribution < -0.4 is 9.47 Å². The highest BCUT2D eigenvalue weighted by atomic mass is 32.2. The van der Waals surface area contributed by atoms with Crippen molar-refractivity contribution >= 4 is 17.7 Å². The molecule has 2 aliphatic heterocycles. The minimum absolute atomic E-state index is 0.0659. The summed E-state index contributed by atoms with van der Waals surface area (Å²) in [4.78, 5) is 15.1. The zero-order valence-corrected chi connectivity index (χ0v) is 19.1. The van der Waals surface area contributed by atoms with E-state index in [0.717, 1.165) is 52.9 Å². The molecule has 0 saturated carbocycles. The summed E-state index contributed by atoms with van der Waals surface area (Å²) in [5, 5.41) is 9.06. The van der Waals surface area contributed by atoms with Gasteiger partial charge in [0.25, 0.3) is 0 Å². The van der Waals surface area contributed by atoms with Crippen LogP contribution in [0.1, 0.15) is 35.6 Å². The van der Waals surface area contributed by atoms with Crippen LogP contribution in [-0.2, 0) is 4.79 Å². The largest absolute Gasteiger partial charge is 0.486 e. The molecule has 3 heterocycles. The van der Waals surface area contributed by atoms with Gasteiger partial charge in [-0.3, -0.25) is 9.36 Å². The highest BCUT2D eigenvalue weighted by Gasteiger charge is 2.31. The molecule has 3 aromatic rings. The number of likely N-dealkylation sites (tertiary alicyclic amines) is 1. The third-order valence-corrected chi connectivity index (χ3v) is 6.91. The molecule has 32 heavy (non-hydrogen) atoms. The van der Waals surface area contributed by atoms with E-state index < -0.39 is 0 Å². The predicted molar refractivity (Wildman–Crippen MR) is 123 cm³/mol. The van der Waals surface area contributed by atoms with Crippen molar-refractivity contribution in [1.82, 2.24) is 19.7 Å². The Hall–Kier alpha value is -3.00. The lowest BCUT2D eigenvalue weighted by atomic mass is 10.0. The Kier molecular flexibility index (Phi) is 5.78. The molecule has 1 fully saturated rings. The molecule has 166 valence electrons. The monoisotopic (exact) mass is 450 g/mol. The molecule has 2 aliphatic rings. The Morgan fingerprint density at radius 2 is 1.97 bits per heavy atom. The van der Waals surface area contributed by atoms with Gasteiger partial charge in [-0.25, -0.2) is 0 Å². The van der Waals surface area contributed by atoms with Crippen LogP contribution in [0.3, 0.4) is 0 Å². The zero-order valence-electron chi connectivity index (χ0n) is 18.3. The molecular formula is C24H26N4O3S. The third-order valence-electron chi connectivity index (χ3n) is 5.98. The first-order chi connectivity index (χ1) is 15.6. The minimum Gasteiger partial charge on any atom is -0.486 e. The standard InChI is InChI=1S/C24H26N4O3S/c1-16-5-7-19(17(2)12-16)28-15-25-26-24(28)32-14-23(29)27-9-3-4-20(27)18-6-8-21-22(13-18)31-11-10-30-21/h5-8,12-13,15,20H,3-4,9-11,14H2,1-2H3/t20-/m0/s1. The number of aromatic nitrogens is 3. The molecule has 7 nitrogen and oxygen atoms in total. The average molecular weight is 451 g/mol. The summed E-state index contributed by atoms with van der Waals surface area (Å²) in [5.74, 6) is 1.98. The smallest absolute Gasteiger partial charge is 0.233 e. The maximum absolute atomic E-state index is 13.2. The van der Waals surface area contributed by atoms with Crippen molar-refractivity contribution in [2.24, 2.45) is 0 Å². The van der Waals surface area contributed by atoms with Crippen molar-refractivity contribution in [1.29, 1.82) is 0 Å². The number of rotatable bonds is 5. The summed E-state index contributed by atoms with van der Waals surface area (Å²) in [6.45, 7) is 6.05. The second kappa shape index (κ2) is 8.86. The molecule has 0 bridgehead atoms. The summed E-state index contributed by atoms with van der Waals surface area (Å²) >= 11 is 1.43. The maximum atomic E-state index is 13.2. The van der Waals surface area contributed by atoms with E-state index in [2.05, 4.69) is 42.2 Å². The first-order valence-electron chi connectivity index (χ1n) is 10.9. The van der Waals surface area contributed by atoms with Crippen LogP contribution in [0, 0.1) is 13.8 Å². The van der Waals surface area contributed by atoms with E-state index in [-0.39, 0.29) is 11.9 Å². The van der Waals surface area contributed by atoms with Gasteiger partial charge in [0.1, 0.15) is 19.5 Å². The summed E-state index contributed by atoms with van der Waals surface area (Å²) in [6, 6.07) is 12.4. The van der Waals surface area contributed by atoms with Crippen molar-refractivity contribution in [3.63, 3.8) is 0 Å². The van der Waals surface area contributed by atoms with Gasteiger partial charge < -0.3 is 14.4 Å². The summed E-state index contributed by atoms with van der Waals surface area (Å²) in [7, 11) is 0. The molecule has 1 amide bonds. The highest BCUT2D eigenvalue weighted by molar-refractivity contribution is 7.99. The van der Waals surface area contributed by atoms with Gasteiger partial charge in [-0.1, -0.05) is 35.5 Å². The van der Waals surface area contributed by atoms with Crippen molar-refractivity contribution in [2.75, 3.05) is 25.5 Å². The minimum atomic E-state index is 0.0659. The number of hydrogen-bond acceptors (Lipinski definition) is 6. The van der Waals surface area contributed by atoms with E-state index in [1.165, 1.54) is 17.3 Å². The second-order valence-electron chi connectivity index (χ2n) is 8.21. The quantitative estimate of drug-likeness (QED) is 0.545. The van der Waals surface area contributed by atoms with Gasteiger partial charge >= 0.3 is 0 Å². The second-order valence-corrected chi connectivity index (χ2v) is 9.15. The van der Waals surface area contributed by atoms with Crippen LogP contribution in [0.15, 0.2) is 47.9 Å². The Morgan fingerprint density at radius 1 is 1.12 bits per heavy atom. The number of thioether (sulfide) groups is 1. The molecule has 0 N–H and O–H groups in total. The molecule has 1 atom stereocenters. The van der Waals surface area contributed by atoms with Crippen molar-refractivity contribution < 1.29 is 14.3 Å². The Balaban J connectivity index is 1.29. The first-order valence-corrected chi connectivity index (χ1v) is 11.9. The lowest BCUT2D eigenvalue weighted by Gasteiger charge is -2.26. The summed E-state index contributed by atoms with van der Waals surface area (Å²) in [6.07, 6.45) is 3.65. The van der Waals surface area contributed by atoms with Crippen LogP contribution in [0.2, 0.25) is 0 Å². The van der Waals surface area contributed by atoms with Gasteiger partial charge in [0.2, 0.25) is 5.91 Å². The Bertz CT molecular complexity index is 1150. The van der Waals surface area contributed by atoms with Crippen molar-refractivity contribution in [3.05, 3.63) is 59.4 Å². The number of benzene rings is 2. The Labute approximate surface area is 191 Å². The molecule has 1 saturated heterocycles. The topological polar surface area (TPSA) is 69.5 Å². The number of nitrogens with zero attached hydrogens (tertiary/aromatic N) is 4. The number of hydrogen-bond donors (Lipinski definition) is 0. The van der Waals surface area contributed by atoms with E-state index in [1.807, 2.05) is 27.7 Å². The molecule has 0 radical (unpaired) electrons. The SMILES string of the molecule is Cc1ccc(-n2cnnc2SCC(=O)N2CCC[C@H]2c2ccc3c(c2)OCCO3)c(C)c1. The normalized spacial score (nSPS) is 17.6. The van der Waals surface area contributed by atoms with E-state index >= 15 is 0 Å². The van der Waals surface area contributed by atoms with E-state index in [9.17, 15) is 4.79 Å². The fourth-order valence-electron chi connectivity index (χ4n) is 4.45. The van der Waals surface area contributed by atoms with Gasteiger partial charge in [-0.15, -0.1) is 10.2 Å². The third kappa shape index (κ3) is 4.07. The van der Waals surface area contributed by atoms with E-state index in [4.69, 9.17) is 9.47 Å². The molecule has 0 spiro atoms. The number of carbonyl (C=O) groups is 1. The summed E-state index contributed by atoms with van der Waals surface area (Å²) < 4.78 is 13.3. The molecule has 0 unspecified atom stereocenters. The van der Waals surface area contributed by atoms with Crippen LogP contribution in [0.5, 0.6) is 11.5 Å². The van der Waals surface area contributed by atoms with Gasteiger partial charge in [0.15, 0.2) is 16.7 Å². The molecule has 0 aliphatic carbocycles. The molecule has 8 heteroatoms. The molecular weight excluding hydrogens is 424 g/mol. The predicted octanol–water partition coefficient (Wildman–Crippen LogP) is 4.11. The van der Waals surface area contributed by atoms with Crippen molar-refractivity contribution in [3.8, 4) is 17.2 Å². The van der Waals surface area contributed by atoms with Gasteiger partial charge in [-0.05, 0) is 56.0 Å². The molecule has 2 aromatic carbocycles. The lowest BCUT2D eigenvalue weighted by Crippen LogP contribution is -2.32. The van der Waals surface area contributed by atoms with Crippen LogP contribution in [0.25, 0.3) is 5.69 Å². The lowest BCUT2D eigenvalue weighted by molar-refractivity contribution is -0.129. The molecule has 5 rings (SSSR count).